The van der Waals surface area contributed by atoms with Crippen LogP contribution in [0.2, 0.25) is 0 Å². The summed E-state index contributed by atoms with van der Waals surface area (Å²) in [4.78, 5) is 25.8. The standard InChI is InChI=1S/C27H37FN2O5S/c1-3-17-36-18-5-14-30(27(33)29-20-22-6-10-23(28)11-7-22)15-16-35-24-12-8-21(9-13-24)19-25(26(31)32)34-4-2/h6-13,25H,3-5,14-20H2,1-2H3,(H,29,33)(H,31,32). The summed E-state index contributed by atoms with van der Waals surface area (Å²) in [5, 5.41) is 12.2. The van der Waals surface area contributed by atoms with E-state index in [0.29, 0.717) is 38.6 Å². The molecule has 0 saturated carbocycles. The number of hydrogen-bond acceptors (Lipinski definition) is 5. The maximum atomic E-state index is 13.1. The number of rotatable bonds is 17. The number of nitrogens with one attached hydrogen (secondary N) is 1. The molecule has 0 aliphatic carbocycles. The number of benzene rings is 2. The van der Waals surface area contributed by atoms with Gasteiger partial charge in [-0.2, -0.15) is 11.8 Å². The van der Waals surface area contributed by atoms with Gasteiger partial charge in [-0.25, -0.2) is 14.0 Å². The number of ether oxygens (including phenoxy) is 2. The van der Waals surface area contributed by atoms with E-state index < -0.39 is 12.1 Å². The first-order valence-electron chi connectivity index (χ1n) is 12.3. The quantitative estimate of drug-likeness (QED) is 0.286. The molecule has 0 aliphatic rings. The summed E-state index contributed by atoms with van der Waals surface area (Å²) in [7, 11) is 0. The van der Waals surface area contributed by atoms with Gasteiger partial charge in [0.15, 0.2) is 6.10 Å². The molecule has 0 aromatic heterocycles. The fourth-order valence-electron chi connectivity index (χ4n) is 3.44. The monoisotopic (exact) mass is 520 g/mol. The van der Waals surface area contributed by atoms with E-state index in [1.165, 1.54) is 12.1 Å². The molecule has 198 valence electrons. The Bertz CT molecular complexity index is 911. The van der Waals surface area contributed by atoms with Gasteiger partial charge in [-0.15, -0.1) is 0 Å². The van der Waals surface area contributed by atoms with Gasteiger partial charge in [0.05, 0.1) is 6.54 Å². The van der Waals surface area contributed by atoms with Crippen molar-refractivity contribution in [3.05, 3.63) is 65.5 Å². The van der Waals surface area contributed by atoms with E-state index in [4.69, 9.17) is 9.47 Å². The summed E-state index contributed by atoms with van der Waals surface area (Å²) < 4.78 is 24.2. The number of aliphatic carboxylic acids is 1. The SMILES string of the molecule is CCCSCCCN(CCOc1ccc(CC(OCC)C(=O)O)cc1)C(=O)NCc1ccc(F)cc1. The van der Waals surface area contributed by atoms with Crippen LogP contribution in [0.4, 0.5) is 9.18 Å². The number of carbonyl (C=O) groups is 2. The van der Waals surface area contributed by atoms with Crippen molar-refractivity contribution >= 4 is 23.8 Å². The predicted molar refractivity (Wildman–Crippen MR) is 141 cm³/mol. The summed E-state index contributed by atoms with van der Waals surface area (Å²) in [5.41, 5.74) is 1.67. The first-order chi connectivity index (χ1) is 17.4. The minimum Gasteiger partial charge on any atom is -0.492 e. The second kappa shape index (κ2) is 16.8. The largest absolute Gasteiger partial charge is 0.492 e. The van der Waals surface area contributed by atoms with Crippen molar-refractivity contribution in [3.8, 4) is 5.75 Å². The highest BCUT2D eigenvalue weighted by Gasteiger charge is 2.18. The molecule has 0 spiro atoms. The molecule has 0 saturated heterocycles. The second-order valence-electron chi connectivity index (χ2n) is 8.22. The molecule has 1 atom stereocenters. The van der Waals surface area contributed by atoms with Gasteiger partial charge in [0, 0.05) is 26.1 Å². The van der Waals surface area contributed by atoms with Crippen LogP contribution in [0.15, 0.2) is 48.5 Å². The molecule has 36 heavy (non-hydrogen) atoms. The second-order valence-corrected chi connectivity index (χ2v) is 9.44. The number of carboxylic acid groups (broad SMARTS) is 1. The molecule has 7 nitrogen and oxygen atoms in total. The number of urea groups is 1. The summed E-state index contributed by atoms with van der Waals surface area (Å²) in [6, 6.07) is 13.1. The van der Waals surface area contributed by atoms with Crippen LogP contribution in [0.25, 0.3) is 0 Å². The number of hydrogen-bond donors (Lipinski definition) is 2. The average Bonchev–Trinajstić information content (AvgIpc) is 2.87. The normalized spacial score (nSPS) is 11.6. The molecule has 0 aliphatic heterocycles. The van der Waals surface area contributed by atoms with Crippen molar-refractivity contribution in [1.29, 1.82) is 0 Å². The van der Waals surface area contributed by atoms with Crippen LogP contribution in [0, 0.1) is 5.82 Å². The Morgan fingerprint density at radius 3 is 2.36 bits per heavy atom. The molecule has 2 amide bonds. The Labute approximate surface area is 217 Å². The van der Waals surface area contributed by atoms with Crippen molar-refractivity contribution < 1.29 is 28.6 Å². The van der Waals surface area contributed by atoms with Gasteiger partial charge in [-0.1, -0.05) is 31.2 Å². The van der Waals surface area contributed by atoms with Crippen molar-refractivity contribution in [1.82, 2.24) is 10.2 Å². The molecule has 0 fully saturated rings. The predicted octanol–water partition coefficient (Wildman–Crippen LogP) is 4.98. The van der Waals surface area contributed by atoms with Crippen LogP contribution >= 0.6 is 11.8 Å². The van der Waals surface area contributed by atoms with E-state index in [9.17, 15) is 19.1 Å². The molecule has 0 heterocycles. The zero-order chi connectivity index (χ0) is 26.2. The first-order valence-corrected chi connectivity index (χ1v) is 13.5. The summed E-state index contributed by atoms with van der Waals surface area (Å²) in [6.07, 6.45) is 1.41. The molecule has 1 unspecified atom stereocenters. The van der Waals surface area contributed by atoms with Crippen LogP contribution in [0.1, 0.15) is 37.8 Å². The first kappa shape index (κ1) is 29.5. The van der Waals surface area contributed by atoms with Crippen LogP contribution < -0.4 is 10.1 Å². The number of amides is 2. The Kier molecular flexibility index (Phi) is 13.8. The highest BCUT2D eigenvalue weighted by molar-refractivity contribution is 7.99. The minimum absolute atomic E-state index is 0.186. The molecular weight excluding hydrogens is 483 g/mol. The Hall–Kier alpha value is -2.78. The van der Waals surface area contributed by atoms with Crippen LogP contribution in [-0.4, -0.2) is 65.9 Å². The lowest BCUT2D eigenvalue weighted by molar-refractivity contribution is -0.149. The summed E-state index contributed by atoms with van der Waals surface area (Å²) in [6.45, 7) is 5.93. The number of halogens is 1. The Balaban J connectivity index is 1.86. The van der Waals surface area contributed by atoms with E-state index in [1.54, 1.807) is 36.1 Å². The van der Waals surface area contributed by atoms with Crippen molar-refractivity contribution in [2.24, 2.45) is 0 Å². The highest BCUT2D eigenvalue weighted by Crippen LogP contribution is 2.15. The van der Waals surface area contributed by atoms with E-state index in [0.717, 1.165) is 35.5 Å². The molecule has 2 N–H and O–H groups in total. The van der Waals surface area contributed by atoms with Crippen molar-refractivity contribution in [2.45, 2.75) is 45.8 Å². The fourth-order valence-corrected chi connectivity index (χ4v) is 4.26. The number of carbonyl (C=O) groups excluding carboxylic acids is 1. The Morgan fingerprint density at radius 2 is 1.72 bits per heavy atom. The maximum absolute atomic E-state index is 13.1. The molecule has 0 radical (unpaired) electrons. The Morgan fingerprint density at radius 1 is 1.03 bits per heavy atom. The molecule has 2 aromatic carbocycles. The van der Waals surface area contributed by atoms with Gasteiger partial charge >= 0.3 is 12.0 Å². The maximum Gasteiger partial charge on any atom is 0.333 e. The third kappa shape index (κ3) is 11.3. The third-order valence-electron chi connectivity index (χ3n) is 5.33. The number of thioether (sulfide) groups is 1. The molecule has 9 heteroatoms. The third-order valence-corrected chi connectivity index (χ3v) is 6.60. The average molecular weight is 521 g/mol. The smallest absolute Gasteiger partial charge is 0.333 e. The van der Waals surface area contributed by atoms with Gasteiger partial charge < -0.3 is 24.8 Å². The van der Waals surface area contributed by atoms with Crippen LogP contribution in [0.3, 0.4) is 0 Å². The van der Waals surface area contributed by atoms with Gasteiger partial charge in [-0.05, 0) is 66.7 Å². The van der Waals surface area contributed by atoms with E-state index in [2.05, 4.69) is 12.2 Å². The van der Waals surface area contributed by atoms with Crippen LogP contribution in [-0.2, 0) is 22.5 Å². The fraction of sp³-hybridized carbons (Fsp3) is 0.481. The van der Waals surface area contributed by atoms with Gasteiger partial charge in [0.25, 0.3) is 0 Å². The molecule has 2 rings (SSSR count). The van der Waals surface area contributed by atoms with E-state index in [1.807, 2.05) is 23.9 Å². The summed E-state index contributed by atoms with van der Waals surface area (Å²) in [5.74, 6) is 1.44. The van der Waals surface area contributed by atoms with Gasteiger partial charge in [0.1, 0.15) is 18.2 Å². The summed E-state index contributed by atoms with van der Waals surface area (Å²) >= 11 is 1.88. The van der Waals surface area contributed by atoms with E-state index >= 15 is 0 Å². The zero-order valence-electron chi connectivity index (χ0n) is 21.1. The lowest BCUT2D eigenvalue weighted by Gasteiger charge is -2.23. The highest BCUT2D eigenvalue weighted by atomic mass is 32.2. The molecule has 0 bridgehead atoms. The lowest BCUT2D eigenvalue weighted by Crippen LogP contribution is -2.42. The van der Waals surface area contributed by atoms with Crippen molar-refractivity contribution in [3.63, 3.8) is 0 Å². The van der Waals surface area contributed by atoms with Gasteiger partial charge in [-0.3, -0.25) is 0 Å². The van der Waals surface area contributed by atoms with Gasteiger partial charge in [0.2, 0.25) is 0 Å². The minimum atomic E-state index is -0.983. The van der Waals surface area contributed by atoms with Crippen LogP contribution in [0.5, 0.6) is 5.75 Å². The van der Waals surface area contributed by atoms with E-state index in [-0.39, 0.29) is 18.3 Å². The zero-order valence-corrected chi connectivity index (χ0v) is 21.9. The molecular formula is C27H37FN2O5S. The number of nitrogens with zero attached hydrogens (tertiary/aromatic N) is 1. The van der Waals surface area contributed by atoms with Crippen molar-refractivity contribution in [2.75, 3.05) is 37.8 Å². The lowest BCUT2D eigenvalue weighted by atomic mass is 10.1. The molecule has 2 aromatic rings. The topological polar surface area (TPSA) is 88.1 Å². The number of carboxylic acids is 1.